The molecule has 0 unspecified atom stereocenters. The zero-order valence-corrected chi connectivity index (χ0v) is 18.2. The monoisotopic (exact) mass is 455 g/mol. The van der Waals surface area contributed by atoms with Gasteiger partial charge in [-0.1, -0.05) is 46.9 Å². The summed E-state index contributed by atoms with van der Waals surface area (Å²) in [4.78, 5) is 11.5. The molecule has 5 nitrogen and oxygen atoms in total. The third-order valence-corrected chi connectivity index (χ3v) is 5.85. The Labute approximate surface area is 188 Å². The number of hydrogen-bond donors (Lipinski definition) is 0. The maximum atomic E-state index is 6.46. The van der Waals surface area contributed by atoms with Gasteiger partial charge in [0.2, 0.25) is 0 Å². The predicted octanol–water partition coefficient (Wildman–Crippen LogP) is 6.29. The van der Waals surface area contributed by atoms with Crippen molar-refractivity contribution >= 4 is 46.3 Å². The van der Waals surface area contributed by atoms with E-state index in [9.17, 15) is 0 Å². The molecule has 0 aliphatic carbocycles. The molecule has 0 fully saturated rings. The van der Waals surface area contributed by atoms with E-state index >= 15 is 0 Å². The Morgan fingerprint density at radius 3 is 2.37 bits per heavy atom. The van der Waals surface area contributed by atoms with Gasteiger partial charge in [0, 0.05) is 33.9 Å². The summed E-state index contributed by atoms with van der Waals surface area (Å²) in [6, 6.07) is 15.1. The van der Waals surface area contributed by atoms with Crippen LogP contribution in [-0.4, -0.2) is 26.3 Å². The summed E-state index contributed by atoms with van der Waals surface area (Å²) >= 11 is 18.5. The van der Waals surface area contributed by atoms with Crippen molar-refractivity contribution in [3.63, 3.8) is 0 Å². The summed E-state index contributed by atoms with van der Waals surface area (Å²) in [5.41, 5.74) is 3.77. The van der Waals surface area contributed by atoms with Crippen LogP contribution in [0.25, 0.3) is 17.1 Å². The molecule has 0 amide bonds. The van der Waals surface area contributed by atoms with Crippen molar-refractivity contribution in [1.82, 2.24) is 19.7 Å². The number of aromatic nitrogens is 4. The van der Waals surface area contributed by atoms with Crippen molar-refractivity contribution in [2.24, 2.45) is 0 Å². The number of halogens is 3. The first kappa shape index (κ1) is 19.4. The third-order valence-electron chi connectivity index (χ3n) is 5.06. The van der Waals surface area contributed by atoms with E-state index in [0.717, 1.165) is 47.1 Å². The van der Waals surface area contributed by atoms with Gasteiger partial charge in [0.25, 0.3) is 0 Å². The van der Waals surface area contributed by atoms with Gasteiger partial charge in [0.05, 0.1) is 16.4 Å². The van der Waals surface area contributed by atoms with Crippen molar-refractivity contribution in [1.29, 1.82) is 0 Å². The molecule has 0 bridgehead atoms. The SMILES string of the molecule is Cc1nc2c(c(-n3ccc(-c4ccc(Cl)cc4)n3)n1)CCN2c1ccc(Cl)cc1Cl. The fourth-order valence-electron chi connectivity index (χ4n) is 3.68. The average molecular weight is 457 g/mol. The number of hydrogen-bond acceptors (Lipinski definition) is 4. The fourth-order valence-corrected chi connectivity index (χ4v) is 4.32. The van der Waals surface area contributed by atoms with Crippen LogP contribution < -0.4 is 4.90 Å². The van der Waals surface area contributed by atoms with E-state index in [2.05, 4.69) is 9.88 Å². The second-order valence-corrected chi connectivity index (χ2v) is 8.33. The van der Waals surface area contributed by atoms with Crippen molar-refractivity contribution in [2.75, 3.05) is 11.4 Å². The number of nitrogens with zero attached hydrogens (tertiary/aromatic N) is 5. The Hall–Kier alpha value is -2.60. The van der Waals surface area contributed by atoms with Gasteiger partial charge in [-0.25, -0.2) is 14.6 Å². The van der Waals surface area contributed by atoms with Gasteiger partial charge in [-0.15, -0.1) is 0 Å². The van der Waals surface area contributed by atoms with Crippen LogP contribution in [0.4, 0.5) is 11.5 Å². The van der Waals surface area contributed by atoms with Gasteiger partial charge < -0.3 is 4.90 Å². The second-order valence-electron chi connectivity index (χ2n) is 7.05. The number of fused-ring (bicyclic) bond motifs is 1. The zero-order valence-electron chi connectivity index (χ0n) is 16.0. The zero-order chi connectivity index (χ0) is 20.8. The topological polar surface area (TPSA) is 46.8 Å². The van der Waals surface area contributed by atoms with Gasteiger partial charge >= 0.3 is 0 Å². The van der Waals surface area contributed by atoms with Crippen LogP contribution >= 0.6 is 34.8 Å². The summed E-state index contributed by atoms with van der Waals surface area (Å²) in [6.45, 7) is 2.64. The van der Waals surface area contributed by atoms with Gasteiger partial charge in [-0.2, -0.15) is 5.10 Å². The largest absolute Gasteiger partial charge is 0.324 e. The minimum atomic E-state index is 0.595. The average Bonchev–Trinajstić information content (AvgIpc) is 3.36. The Kier molecular flexibility index (Phi) is 4.89. The molecule has 5 rings (SSSR count). The number of rotatable bonds is 3. The number of anilines is 2. The van der Waals surface area contributed by atoms with E-state index in [0.29, 0.717) is 20.9 Å². The molecule has 1 aliphatic heterocycles. The van der Waals surface area contributed by atoms with E-state index in [1.807, 2.05) is 60.3 Å². The molecule has 0 saturated heterocycles. The van der Waals surface area contributed by atoms with E-state index in [-0.39, 0.29) is 0 Å². The van der Waals surface area contributed by atoms with Crippen LogP contribution in [0, 0.1) is 6.92 Å². The van der Waals surface area contributed by atoms with Crippen LogP contribution in [0.3, 0.4) is 0 Å². The normalized spacial score (nSPS) is 13.0. The van der Waals surface area contributed by atoms with Crippen LogP contribution in [0.1, 0.15) is 11.4 Å². The smallest absolute Gasteiger partial charge is 0.162 e. The standard InChI is InChI=1S/C22H16Cl3N5/c1-13-26-21-17(8-10-29(21)20-7-6-16(24)12-18(20)25)22(27-13)30-11-9-19(28-30)14-2-4-15(23)5-3-14/h2-7,9,11-12H,8,10H2,1H3. The van der Waals surface area contributed by atoms with Gasteiger partial charge in [-0.3, -0.25) is 0 Å². The highest BCUT2D eigenvalue weighted by molar-refractivity contribution is 6.36. The molecule has 3 heterocycles. The van der Waals surface area contributed by atoms with Crippen molar-refractivity contribution in [2.45, 2.75) is 13.3 Å². The molecule has 0 atom stereocenters. The third kappa shape index (κ3) is 3.43. The quantitative estimate of drug-likeness (QED) is 0.363. The second kappa shape index (κ2) is 7.58. The highest BCUT2D eigenvalue weighted by Crippen LogP contribution is 2.39. The molecule has 0 spiro atoms. The molecule has 2 aromatic carbocycles. The van der Waals surface area contributed by atoms with E-state index in [1.54, 1.807) is 6.07 Å². The predicted molar refractivity (Wildman–Crippen MR) is 122 cm³/mol. The lowest BCUT2D eigenvalue weighted by Gasteiger charge is -2.20. The Bertz CT molecular complexity index is 1250. The summed E-state index contributed by atoms with van der Waals surface area (Å²) in [5.74, 6) is 2.31. The highest BCUT2D eigenvalue weighted by Gasteiger charge is 2.28. The lowest BCUT2D eigenvalue weighted by atomic mass is 10.2. The van der Waals surface area contributed by atoms with E-state index in [1.165, 1.54) is 0 Å². The summed E-state index contributed by atoms with van der Waals surface area (Å²) < 4.78 is 1.81. The molecule has 2 aromatic heterocycles. The lowest BCUT2D eigenvalue weighted by Crippen LogP contribution is -2.15. The Morgan fingerprint density at radius 1 is 0.867 bits per heavy atom. The fraction of sp³-hybridized carbons (Fsp3) is 0.136. The molecule has 0 saturated carbocycles. The first-order valence-electron chi connectivity index (χ1n) is 9.42. The summed E-state index contributed by atoms with van der Waals surface area (Å²) in [7, 11) is 0. The first-order chi connectivity index (χ1) is 14.5. The molecule has 30 heavy (non-hydrogen) atoms. The minimum Gasteiger partial charge on any atom is -0.324 e. The molecular formula is C22H16Cl3N5. The molecule has 1 aliphatic rings. The van der Waals surface area contributed by atoms with Gasteiger partial charge in [0.1, 0.15) is 11.6 Å². The lowest BCUT2D eigenvalue weighted by molar-refractivity contribution is 0.819. The highest BCUT2D eigenvalue weighted by atomic mass is 35.5. The van der Waals surface area contributed by atoms with Crippen molar-refractivity contribution < 1.29 is 0 Å². The maximum Gasteiger partial charge on any atom is 0.162 e. The molecular weight excluding hydrogens is 441 g/mol. The minimum absolute atomic E-state index is 0.595. The van der Waals surface area contributed by atoms with Crippen molar-refractivity contribution in [3.05, 3.63) is 81.2 Å². The number of benzene rings is 2. The molecule has 0 radical (unpaired) electrons. The van der Waals surface area contributed by atoms with E-state index in [4.69, 9.17) is 44.9 Å². The maximum absolute atomic E-state index is 6.46. The van der Waals surface area contributed by atoms with Gasteiger partial charge in [-0.05, 0) is 49.7 Å². The summed E-state index contributed by atoms with van der Waals surface area (Å²) in [5, 5.41) is 6.65. The molecule has 4 aromatic rings. The molecule has 150 valence electrons. The van der Waals surface area contributed by atoms with Crippen LogP contribution in [0.2, 0.25) is 15.1 Å². The summed E-state index contributed by atoms with van der Waals surface area (Å²) in [6.07, 6.45) is 2.71. The molecule has 8 heteroatoms. The number of aryl methyl sites for hydroxylation is 1. The van der Waals surface area contributed by atoms with Crippen LogP contribution in [-0.2, 0) is 6.42 Å². The van der Waals surface area contributed by atoms with Crippen LogP contribution in [0.5, 0.6) is 0 Å². The van der Waals surface area contributed by atoms with Gasteiger partial charge in [0.15, 0.2) is 5.82 Å². The van der Waals surface area contributed by atoms with E-state index < -0.39 is 0 Å². The van der Waals surface area contributed by atoms with Crippen molar-refractivity contribution in [3.8, 4) is 17.1 Å². The molecule has 0 N–H and O–H groups in total. The first-order valence-corrected chi connectivity index (χ1v) is 10.5. The van der Waals surface area contributed by atoms with Crippen LogP contribution in [0.15, 0.2) is 54.7 Å². The Morgan fingerprint density at radius 2 is 1.60 bits per heavy atom. The Balaban J connectivity index is 1.57.